The van der Waals surface area contributed by atoms with Crippen LogP contribution >= 0.6 is 15.9 Å². The summed E-state index contributed by atoms with van der Waals surface area (Å²) in [6, 6.07) is 15.6. The third kappa shape index (κ3) is 6.49. The van der Waals surface area contributed by atoms with Gasteiger partial charge in [-0.2, -0.15) is 5.10 Å². The number of β-amino-alcohol motifs (C(OH)–C–C–N with tert-alkyl or cyclic N) is 1. The Bertz CT molecular complexity index is 1750. The van der Waals surface area contributed by atoms with Crippen LogP contribution in [0.5, 0.6) is 0 Å². The van der Waals surface area contributed by atoms with Crippen molar-refractivity contribution in [3.63, 3.8) is 0 Å². The molecule has 1 fully saturated rings. The van der Waals surface area contributed by atoms with Crippen LogP contribution < -0.4 is 5.69 Å². The minimum Gasteiger partial charge on any atom is -0.465 e. The average molecular weight is 680 g/mol. The number of fused-ring (bicyclic) bond motifs is 2. The van der Waals surface area contributed by atoms with E-state index in [1.807, 2.05) is 62.7 Å². The Morgan fingerprint density at radius 3 is 2.44 bits per heavy atom. The van der Waals surface area contributed by atoms with E-state index in [1.54, 1.807) is 13.8 Å². The molecular weight excluding hydrogens is 640 g/mol. The number of ether oxygens (including phenoxy) is 1. The highest BCUT2D eigenvalue weighted by Crippen LogP contribution is 2.32. The lowest BCUT2D eigenvalue weighted by Crippen LogP contribution is -2.42. The zero-order valence-electron chi connectivity index (χ0n) is 25.7. The molecule has 238 valence electrons. The highest BCUT2D eigenvalue weighted by atomic mass is 79.9. The molecule has 4 heterocycles. The van der Waals surface area contributed by atoms with E-state index in [1.165, 1.54) is 4.57 Å². The molecule has 2 aromatic carbocycles. The standard InChI is InChI=1S/C33H39BrN6O5/c1-3-45-31(43)21-38-29-6-4-5-7-30(29)40(33(38)44)25-12-15-36(16-13-25)18-26(42)19-39-28-14-17-37(22(2)41)20-27(28)32(35-39)23-8-10-24(34)11-9-23/h4-11,25-26,42H,3,12-21H2,1-2H3. The summed E-state index contributed by atoms with van der Waals surface area (Å²) in [5.41, 5.74) is 5.29. The first-order valence-corrected chi connectivity index (χ1v) is 16.4. The fraction of sp³-hybridized carbons (Fsp3) is 0.455. The molecule has 4 aromatic rings. The number of para-hydroxylation sites is 2. The third-order valence-corrected chi connectivity index (χ3v) is 9.46. The summed E-state index contributed by atoms with van der Waals surface area (Å²) in [5, 5.41) is 16.2. The van der Waals surface area contributed by atoms with Crippen molar-refractivity contribution in [3.05, 3.63) is 74.7 Å². The number of aliphatic hydroxyl groups is 1. The number of carbonyl (C=O) groups excluding carboxylic acids is 2. The van der Waals surface area contributed by atoms with Gasteiger partial charge in [-0.25, -0.2) is 4.79 Å². The predicted octanol–water partition coefficient (Wildman–Crippen LogP) is 3.59. The van der Waals surface area contributed by atoms with Crippen molar-refractivity contribution < 1.29 is 19.4 Å². The SMILES string of the molecule is CCOC(=O)Cn1c(=O)n(C2CCN(CC(O)Cn3nc(-c4ccc(Br)cc4)c4c3CCN(C(C)=O)C4)CC2)c2ccccc21. The van der Waals surface area contributed by atoms with E-state index in [2.05, 4.69) is 20.8 Å². The maximum atomic E-state index is 13.5. The number of carbonyl (C=O) groups is 2. The average Bonchev–Trinajstić information content (AvgIpc) is 3.52. The molecule has 0 radical (unpaired) electrons. The highest BCUT2D eigenvalue weighted by molar-refractivity contribution is 9.10. The number of aliphatic hydroxyl groups excluding tert-OH is 1. The lowest BCUT2D eigenvalue weighted by atomic mass is 10.0. The van der Waals surface area contributed by atoms with Crippen molar-refractivity contribution >= 4 is 38.8 Å². The Labute approximate surface area is 270 Å². The van der Waals surface area contributed by atoms with E-state index < -0.39 is 12.1 Å². The van der Waals surface area contributed by atoms with Crippen LogP contribution in [0.2, 0.25) is 0 Å². The summed E-state index contributed by atoms with van der Waals surface area (Å²) in [6.07, 6.45) is 1.57. The zero-order valence-corrected chi connectivity index (χ0v) is 27.3. The maximum Gasteiger partial charge on any atom is 0.329 e. The topological polar surface area (TPSA) is 115 Å². The minimum atomic E-state index is -0.636. The molecule has 1 atom stereocenters. The molecule has 1 unspecified atom stereocenters. The minimum absolute atomic E-state index is 0.00457. The van der Waals surface area contributed by atoms with Gasteiger partial charge in [0.05, 0.1) is 36.0 Å². The van der Waals surface area contributed by atoms with Gasteiger partial charge in [-0.1, -0.05) is 40.2 Å². The summed E-state index contributed by atoms with van der Waals surface area (Å²) >= 11 is 3.50. The van der Waals surface area contributed by atoms with Crippen LogP contribution in [-0.4, -0.2) is 84.6 Å². The summed E-state index contributed by atoms with van der Waals surface area (Å²) in [7, 11) is 0. The number of likely N-dealkylation sites (tertiary alicyclic amines) is 1. The molecule has 45 heavy (non-hydrogen) atoms. The van der Waals surface area contributed by atoms with E-state index >= 15 is 0 Å². The number of hydrogen-bond acceptors (Lipinski definition) is 7. The van der Waals surface area contributed by atoms with E-state index in [4.69, 9.17) is 9.84 Å². The Kier molecular flexibility index (Phi) is 9.25. The third-order valence-electron chi connectivity index (χ3n) is 8.93. The van der Waals surface area contributed by atoms with Gasteiger partial charge in [0, 0.05) is 73.4 Å². The van der Waals surface area contributed by atoms with Crippen molar-refractivity contribution in [3.8, 4) is 11.3 Å². The van der Waals surface area contributed by atoms with Gasteiger partial charge in [0.15, 0.2) is 0 Å². The van der Waals surface area contributed by atoms with Crippen LogP contribution in [0.4, 0.5) is 0 Å². The molecule has 0 saturated carbocycles. The normalized spacial score (nSPS) is 16.6. The summed E-state index contributed by atoms with van der Waals surface area (Å²) < 4.78 is 11.4. The van der Waals surface area contributed by atoms with Gasteiger partial charge in [-0.05, 0) is 44.0 Å². The van der Waals surface area contributed by atoms with Gasteiger partial charge < -0.3 is 19.6 Å². The number of rotatable bonds is 9. The summed E-state index contributed by atoms with van der Waals surface area (Å²) in [6.45, 7) is 6.97. The fourth-order valence-electron chi connectivity index (χ4n) is 6.74. The van der Waals surface area contributed by atoms with Crippen LogP contribution in [0.25, 0.3) is 22.3 Å². The number of imidazole rings is 1. The van der Waals surface area contributed by atoms with Crippen molar-refractivity contribution in [2.24, 2.45) is 0 Å². The molecule has 2 aliphatic heterocycles. The summed E-state index contributed by atoms with van der Waals surface area (Å²) in [4.78, 5) is 42.0. The molecule has 0 bridgehead atoms. The summed E-state index contributed by atoms with van der Waals surface area (Å²) in [5.74, 6) is -0.380. The molecule has 0 aliphatic carbocycles. The number of halogens is 1. The number of benzene rings is 2. The second kappa shape index (κ2) is 13.3. The van der Waals surface area contributed by atoms with Gasteiger partial charge in [0.1, 0.15) is 6.54 Å². The van der Waals surface area contributed by atoms with Crippen LogP contribution in [0.15, 0.2) is 57.8 Å². The number of aromatic nitrogens is 4. The van der Waals surface area contributed by atoms with Crippen LogP contribution in [0.1, 0.15) is 44.0 Å². The van der Waals surface area contributed by atoms with Gasteiger partial charge in [-0.15, -0.1) is 0 Å². The van der Waals surface area contributed by atoms with E-state index in [-0.39, 0.29) is 30.8 Å². The quantitative estimate of drug-likeness (QED) is 0.269. The van der Waals surface area contributed by atoms with Crippen molar-refractivity contribution in [2.45, 2.75) is 64.9 Å². The molecule has 2 aromatic heterocycles. The van der Waals surface area contributed by atoms with Crippen molar-refractivity contribution in [1.82, 2.24) is 28.7 Å². The predicted molar refractivity (Wildman–Crippen MR) is 174 cm³/mol. The molecule has 1 saturated heterocycles. The lowest BCUT2D eigenvalue weighted by molar-refractivity contribution is -0.143. The zero-order chi connectivity index (χ0) is 31.7. The van der Waals surface area contributed by atoms with Gasteiger partial charge >= 0.3 is 11.7 Å². The number of esters is 1. The first-order chi connectivity index (χ1) is 21.7. The molecular formula is C33H39BrN6O5. The largest absolute Gasteiger partial charge is 0.465 e. The lowest BCUT2D eigenvalue weighted by Gasteiger charge is -2.33. The van der Waals surface area contributed by atoms with E-state index in [0.29, 0.717) is 32.6 Å². The van der Waals surface area contributed by atoms with Gasteiger partial charge in [0.2, 0.25) is 5.91 Å². The van der Waals surface area contributed by atoms with Crippen LogP contribution in [-0.2, 0) is 40.4 Å². The van der Waals surface area contributed by atoms with Crippen LogP contribution in [0.3, 0.4) is 0 Å². The Balaban J connectivity index is 1.14. The molecule has 6 rings (SSSR count). The van der Waals surface area contributed by atoms with Crippen molar-refractivity contribution in [2.75, 3.05) is 32.8 Å². The van der Waals surface area contributed by atoms with Gasteiger partial charge in [-0.3, -0.25) is 23.4 Å². The van der Waals surface area contributed by atoms with Crippen molar-refractivity contribution in [1.29, 1.82) is 0 Å². The highest BCUT2D eigenvalue weighted by Gasteiger charge is 2.30. The second-order valence-corrected chi connectivity index (χ2v) is 12.8. The van der Waals surface area contributed by atoms with Gasteiger partial charge in [0.25, 0.3) is 0 Å². The monoisotopic (exact) mass is 678 g/mol. The van der Waals surface area contributed by atoms with Crippen LogP contribution in [0, 0.1) is 0 Å². The number of hydrogen-bond donors (Lipinski definition) is 1. The smallest absolute Gasteiger partial charge is 0.329 e. The number of piperidine rings is 1. The molecule has 1 N–H and O–H groups in total. The Morgan fingerprint density at radius 2 is 1.76 bits per heavy atom. The first kappa shape index (κ1) is 31.3. The first-order valence-electron chi connectivity index (χ1n) is 15.6. The fourth-order valence-corrected chi connectivity index (χ4v) is 7.00. The van der Waals surface area contributed by atoms with E-state index in [9.17, 15) is 19.5 Å². The Hall–Kier alpha value is -3.74. The molecule has 1 amide bonds. The molecule has 2 aliphatic rings. The molecule has 11 nitrogen and oxygen atoms in total. The Morgan fingerprint density at radius 1 is 1.04 bits per heavy atom. The number of amides is 1. The molecule has 0 spiro atoms. The maximum absolute atomic E-state index is 13.5. The molecule has 12 heteroatoms. The number of nitrogens with zero attached hydrogens (tertiary/aromatic N) is 6. The second-order valence-electron chi connectivity index (χ2n) is 11.9. The van der Waals surface area contributed by atoms with E-state index in [0.717, 1.165) is 64.0 Å².